The summed E-state index contributed by atoms with van der Waals surface area (Å²) >= 11 is 0. The number of aryl methyl sites for hydroxylation is 1. The molecule has 0 amide bonds. The Balaban J connectivity index is 2.00. The maximum atomic E-state index is 5.16. The molecule has 1 aromatic heterocycles. The van der Waals surface area contributed by atoms with E-state index in [4.69, 9.17) is 4.74 Å². The van der Waals surface area contributed by atoms with E-state index in [1.807, 2.05) is 24.3 Å². The molecular weight excluding hydrogens is 214 g/mol. The number of methoxy groups -OCH3 is 1. The van der Waals surface area contributed by atoms with Crippen LogP contribution in [-0.4, -0.2) is 21.9 Å². The van der Waals surface area contributed by atoms with E-state index >= 15 is 0 Å². The molecule has 0 spiro atoms. The summed E-state index contributed by atoms with van der Waals surface area (Å²) in [5.74, 6) is 2.96. The van der Waals surface area contributed by atoms with Crippen LogP contribution in [0.25, 0.3) is 11.4 Å². The lowest BCUT2D eigenvalue weighted by molar-refractivity contribution is 0.415. The number of fused-ring (bicyclic) bond motifs is 1. The first-order valence-corrected chi connectivity index (χ1v) is 5.95. The summed E-state index contributed by atoms with van der Waals surface area (Å²) in [7, 11) is 1.67. The minimum absolute atomic E-state index is 0.868. The van der Waals surface area contributed by atoms with Gasteiger partial charge in [-0.25, -0.2) is 0 Å². The van der Waals surface area contributed by atoms with Crippen molar-refractivity contribution in [3.05, 3.63) is 30.1 Å². The van der Waals surface area contributed by atoms with E-state index in [0.29, 0.717) is 0 Å². The standard InChI is InChI=1S/C13H15N3O/c1-17-11-7-5-10(6-8-11)13-15-14-12-4-2-3-9-16(12)13/h5-8H,2-4,9H2,1H3. The second kappa shape index (κ2) is 4.20. The van der Waals surface area contributed by atoms with Gasteiger partial charge in [0.15, 0.2) is 5.82 Å². The molecule has 0 fully saturated rings. The maximum absolute atomic E-state index is 5.16. The molecule has 1 aliphatic heterocycles. The monoisotopic (exact) mass is 229 g/mol. The van der Waals surface area contributed by atoms with E-state index in [1.165, 1.54) is 12.8 Å². The molecule has 0 radical (unpaired) electrons. The van der Waals surface area contributed by atoms with Crippen LogP contribution in [0.1, 0.15) is 18.7 Å². The normalized spacial score (nSPS) is 14.4. The molecule has 3 rings (SSSR count). The fourth-order valence-electron chi connectivity index (χ4n) is 2.26. The van der Waals surface area contributed by atoms with Crippen molar-refractivity contribution in [2.75, 3.05) is 7.11 Å². The second-order valence-electron chi connectivity index (χ2n) is 4.28. The molecule has 0 saturated carbocycles. The van der Waals surface area contributed by atoms with Gasteiger partial charge in [0.2, 0.25) is 0 Å². The quantitative estimate of drug-likeness (QED) is 0.793. The molecule has 0 N–H and O–H groups in total. The molecule has 4 nitrogen and oxygen atoms in total. The maximum Gasteiger partial charge on any atom is 0.163 e. The molecule has 0 aliphatic carbocycles. The topological polar surface area (TPSA) is 39.9 Å². The van der Waals surface area contributed by atoms with Gasteiger partial charge in [-0.3, -0.25) is 0 Å². The van der Waals surface area contributed by atoms with Crippen molar-refractivity contribution >= 4 is 0 Å². The highest BCUT2D eigenvalue weighted by Gasteiger charge is 2.16. The molecule has 1 aliphatic rings. The molecule has 17 heavy (non-hydrogen) atoms. The number of hydrogen-bond acceptors (Lipinski definition) is 3. The first-order chi connectivity index (χ1) is 8.38. The molecule has 1 aromatic carbocycles. The Labute approximate surface area is 100 Å². The van der Waals surface area contributed by atoms with Crippen LogP contribution in [0.15, 0.2) is 24.3 Å². The Morgan fingerprint density at radius 1 is 1.12 bits per heavy atom. The largest absolute Gasteiger partial charge is 0.497 e. The fraction of sp³-hybridized carbons (Fsp3) is 0.385. The zero-order valence-corrected chi connectivity index (χ0v) is 9.89. The average Bonchev–Trinajstić information content (AvgIpc) is 2.83. The molecule has 88 valence electrons. The number of hydrogen-bond donors (Lipinski definition) is 0. The second-order valence-corrected chi connectivity index (χ2v) is 4.28. The van der Waals surface area contributed by atoms with E-state index in [9.17, 15) is 0 Å². The summed E-state index contributed by atoms with van der Waals surface area (Å²) in [5.41, 5.74) is 1.10. The Morgan fingerprint density at radius 3 is 2.71 bits per heavy atom. The van der Waals surface area contributed by atoms with Crippen LogP contribution in [0, 0.1) is 0 Å². The summed E-state index contributed by atoms with van der Waals surface area (Å²) < 4.78 is 7.38. The summed E-state index contributed by atoms with van der Waals surface area (Å²) in [5, 5.41) is 8.55. The van der Waals surface area contributed by atoms with Crippen LogP contribution in [0.2, 0.25) is 0 Å². The van der Waals surface area contributed by atoms with Gasteiger partial charge in [0, 0.05) is 18.5 Å². The third kappa shape index (κ3) is 1.79. The van der Waals surface area contributed by atoms with E-state index in [1.54, 1.807) is 7.11 Å². The highest BCUT2D eigenvalue weighted by molar-refractivity contribution is 5.56. The molecular formula is C13H15N3O. The van der Waals surface area contributed by atoms with Gasteiger partial charge in [0.1, 0.15) is 11.6 Å². The molecule has 2 aromatic rings. The molecule has 0 saturated heterocycles. The lowest BCUT2D eigenvalue weighted by atomic mass is 10.1. The highest BCUT2D eigenvalue weighted by atomic mass is 16.5. The molecule has 0 unspecified atom stereocenters. The first-order valence-electron chi connectivity index (χ1n) is 5.95. The third-order valence-corrected chi connectivity index (χ3v) is 3.21. The van der Waals surface area contributed by atoms with Gasteiger partial charge < -0.3 is 9.30 Å². The van der Waals surface area contributed by atoms with Gasteiger partial charge in [0.05, 0.1) is 7.11 Å². The molecule has 4 heteroatoms. The zero-order valence-electron chi connectivity index (χ0n) is 9.89. The Bertz CT molecular complexity index is 516. The van der Waals surface area contributed by atoms with Gasteiger partial charge in [-0.15, -0.1) is 10.2 Å². The van der Waals surface area contributed by atoms with E-state index in [0.717, 1.165) is 35.9 Å². The minimum atomic E-state index is 0.868. The Morgan fingerprint density at radius 2 is 1.94 bits per heavy atom. The summed E-state index contributed by atoms with van der Waals surface area (Å²) in [4.78, 5) is 0. The van der Waals surface area contributed by atoms with Crippen molar-refractivity contribution in [1.29, 1.82) is 0 Å². The Kier molecular flexibility index (Phi) is 2.55. The fourth-order valence-corrected chi connectivity index (χ4v) is 2.26. The van der Waals surface area contributed by atoms with Crippen molar-refractivity contribution < 1.29 is 4.74 Å². The van der Waals surface area contributed by atoms with Crippen LogP contribution in [0.4, 0.5) is 0 Å². The van der Waals surface area contributed by atoms with Gasteiger partial charge in [0.25, 0.3) is 0 Å². The van der Waals surface area contributed by atoms with Crippen molar-refractivity contribution in [2.45, 2.75) is 25.8 Å². The van der Waals surface area contributed by atoms with E-state index in [-0.39, 0.29) is 0 Å². The first kappa shape index (κ1) is 10.3. The predicted molar refractivity (Wildman–Crippen MR) is 64.9 cm³/mol. The minimum Gasteiger partial charge on any atom is -0.497 e. The number of ether oxygens (including phenoxy) is 1. The van der Waals surface area contributed by atoms with E-state index < -0.39 is 0 Å². The molecule has 2 heterocycles. The van der Waals surface area contributed by atoms with Gasteiger partial charge in [-0.1, -0.05) is 0 Å². The van der Waals surface area contributed by atoms with Crippen LogP contribution in [-0.2, 0) is 13.0 Å². The number of benzene rings is 1. The highest BCUT2D eigenvalue weighted by Crippen LogP contribution is 2.24. The van der Waals surface area contributed by atoms with Gasteiger partial charge >= 0.3 is 0 Å². The summed E-state index contributed by atoms with van der Waals surface area (Å²) in [6, 6.07) is 7.98. The smallest absolute Gasteiger partial charge is 0.163 e. The number of nitrogens with zero attached hydrogens (tertiary/aromatic N) is 3. The van der Waals surface area contributed by atoms with Crippen molar-refractivity contribution in [2.24, 2.45) is 0 Å². The van der Waals surface area contributed by atoms with E-state index in [2.05, 4.69) is 14.8 Å². The number of rotatable bonds is 2. The van der Waals surface area contributed by atoms with Gasteiger partial charge in [-0.05, 0) is 37.1 Å². The van der Waals surface area contributed by atoms with Crippen LogP contribution in [0.3, 0.4) is 0 Å². The number of aromatic nitrogens is 3. The Hall–Kier alpha value is -1.84. The SMILES string of the molecule is COc1ccc(-c2nnc3n2CCCC3)cc1. The van der Waals surface area contributed by atoms with Crippen LogP contribution < -0.4 is 4.74 Å². The van der Waals surface area contributed by atoms with Crippen LogP contribution in [0.5, 0.6) is 5.75 Å². The van der Waals surface area contributed by atoms with Crippen molar-refractivity contribution in [1.82, 2.24) is 14.8 Å². The molecule has 0 bridgehead atoms. The van der Waals surface area contributed by atoms with Crippen molar-refractivity contribution in [3.8, 4) is 17.1 Å². The predicted octanol–water partition coefficient (Wildman–Crippen LogP) is 2.29. The lowest BCUT2D eigenvalue weighted by Crippen LogP contribution is -2.11. The van der Waals surface area contributed by atoms with Crippen molar-refractivity contribution in [3.63, 3.8) is 0 Å². The van der Waals surface area contributed by atoms with Gasteiger partial charge in [-0.2, -0.15) is 0 Å². The summed E-state index contributed by atoms with van der Waals surface area (Å²) in [6.07, 6.45) is 3.48. The molecule has 0 atom stereocenters. The van der Waals surface area contributed by atoms with Crippen LogP contribution >= 0.6 is 0 Å². The third-order valence-electron chi connectivity index (χ3n) is 3.21. The summed E-state index contributed by atoms with van der Waals surface area (Å²) in [6.45, 7) is 1.03. The zero-order chi connectivity index (χ0) is 11.7. The average molecular weight is 229 g/mol. The lowest BCUT2D eigenvalue weighted by Gasteiger charge is -2.14.